The summed E-state index contributed by atoms with van der Waals surface area (Å²) in [5.74, 6) is 1.22. The molecule has 1 saturated heterocycles. The minimum absolute atomic E-state index is 0.0240. The third kappa shape index (κ3) is 1.94. The third-order valence-electron chi connectivity index (χ3n) is 4.52. The molecule has 0 saturated carbocycles. The van der Waals surface area contributed by atoms with Gasteiger partial charge in [0.25, 0.3) is 0 Å². The highest BCUT2D eigenvalue weighted by atomic mass is 15.2. The van der Waals surface area contributed by atoms with Gasteiger partial charge in [-0.15, -0.1) is 0 Å². The van der Waals surface area contributed by atoms with Crippen molar-refractivity contribution in [1.82, 2.24) is 19.9 Å². The number of hydrogen-bond acceptors (Lipinski definition) is 3. The van der Waals surface area contributed by atoms with Gasteiger partial charge in [0.15, 0.2) is 0 Å². The molecular weight excluding hydrogens is 248 g/mol. The molecule has 4 heteroatoms. The molecule has 0 spiro atoms. The Morgan fingerprint density at radius 1 is 1.40 bits per heavy atom. The minimum Gasteiger partial charge on any atom is -0.322 e. The summed E-state index contributed by atoms with van der Waals surface area (Å²) < 4.78 is 2.42. The zero-order valence-corrected chi connectivity index (χ0v) is 12.9. The SMILES string of the molecule is CCC1(c2nc3cnccc3n2C(C)(C)C)CCNC1. The van der Waals surface area contributed by atoms with Crippen molar-refractivity contribution >= 4 is 11.0 Å². The molecule has 0 amide bonds. The number of hydrogen-bond donors (Lipinski definition) is 1. The highest BCUT2D eigenvalue weighted by Gasteiger charge is 2.40. The van der Waals surface area contributed by atoms with Crippen molar-refractivity contribution in [2.24, 2.45) is 0 Å². The first-order valence-corrected chi connectivity index (χ1v) is 7.52. The van der Waals surface area contributed by atoms with Gasteiger partial charge in [-0.05, 0) is 46.2 Å². The maximum absolute atomic E-state index is 4.96. The van der Waals surface area contributed by atoms with E-state index in [1.165, 1.54) is 11.3 Å². The van der Waals surface area contributed by atoms with Crippen LogP contribution in [-0.2, 0) is 11.0 Å². The van der Waals surface area contributed by atoms with E-state index in [4.69, 9.17) is 4.98 Å². The van der Waals surface area contributed by atoms with Gasteiger partial charge in [-0.2, -0.15) is 0 Å². The molecule has 0 aliphatic carbocycles. The largest absolute Gasteiger partial charge is 0.322 e. The number of fused-ring (bicyclic) bond motifs is 1. The molecule has 20 heavy (non-hydrogen) atoms. The zero-order valence-electron chi connectivity index (χ0n) is 12.9. The molecule has 108 valence electrons. The van der Waals surface area contributed by atoms with Crippen molar-refractivity contribution in [3.05, 3.63) is 24.3 Å². The molecule has 1 atom stereocenters. The summed E-state index contributed by atoms with van der Waals surface area (Å²) in [7, 11) is 0. The molecular formula is C16H24N4. The van der Waals surface area contributed by atoms with E-state index in [2.05, 4.69) is 48.6 Å². The first kappa shape index (κ1) is 13.6. The standard InChI is InChI=1S/C16H24N4/c1-5-16(7-9-18-11-16)14-19-12-10-17-8-6-13(12)20(14)15(2,3)4/h6,8,10,18H,5,7,9,11H2,1-4H3. The summed E-state index contributed by atoms with van der Waals surface area (Å²) in [6.45, 7) is 11.1. The molecule has 1 N–H and O–H groups in total. The van der Waals surface area contributed by atoms with Crippen LogP contribution in [0.3, 0.4) is 0 Å². The second kappa shape index (κ2) is 4.55. The van der Waals surface area contributed by atoms with Crippen LogP contribution in [0.15, 0.2) is 18.5 Å². The monoisotopic (exact) mass is 272 g/mol. The number of nitrogens with one attached hydrogen (secondary N) is 1. The highest BCUT2D eigenvalue weighted by molar-refractivity contribution is 5.75. The summed E-state index contributed by atoms with van der Waals surface area (Å²) in [5, 5.41) is 3.52. The van der Waals surface area contributed by atoms with Crippen molar-refractivity contribution in [2.75, 3.05) is 13.1 Å². The summed E-state index contributed by atoms with van der Waals surface area (Å²) in [6, 6.07) is 2.09. The molecule has 3 heterocycles. The van der Waals surface area contributed by atoms with Gasteiger partial charge < -0.3 is 9.88 Å². The summed E-state index contributed by atoms with van der Waals surface area (Å²) in [6.07, 6.45) is 6.03. The lowest BCUT2D eigenvalue weighted by atomic mass is 9.82. The quantitative estimate of drug-likeness (QED) is 0.914. The first-order valence-electron chi connectivity index (χ1n) is 7.52. The lowest BCUT2D eigenvalue weighted by Crippen LogP contribution is -2.36. The highest BCUT2D eigenvalue weighted by Crippen LogP contribution is 2.38. The van der Waals surface area contributed by atoms with E-state index in [0.29, 0.717) is 0 Å². The molecule has 1 unspecified atom stereocenters. The maximum atomic E-state index is 4.96. The normalized spacial score (nSPS) is 23.6. The number of pyridine rings is 1. The minimum atomic E-state index is 0.0240. The summed E-state index contributed by atoms with van der Waals surface area (Å²) in [5.41, 5.74) is 2.39. The Balaban J connectivity index is 2.29. The number of rotatable bonds is 2. The summed E-state index contributed by atoms with van der Waals surface area (Å²) in [4.78, 5) is 9.20. The van der Waals surface area contributed by atoms with Crippen molar-refractivity contribution in [2.45, 2.75) is 51.5 Å². The summed E-state index contributed by atoms with van der Waals surface area (Å²) >= 11 is 0. The first-order chi connectivity index (χ1) is 9.48. The zero-order chi connectivity index (χ0) is 14.4. The van der Waals surface area contributed by atoms with E-state index in [1.807, 2.05) is 12.4 Å². The molecule has 2 aromatic heterocycles. The molecule has 0 radical (unpaired) electrons. The van der Waals surface area contributed by atoms with Gasteiger partial charge in [-0.1, -0.05) is 6.92 Å². The van der Waals surface area contributed by atoms with Gasteiger partial charge in [0, 0.05) is 23.7 Å². The maximum Gasteiger partial charge on any atom is 0.118 e. The van der Waals surface area contributed by atoms with Gasteiger partial charge in [-0.3, -0.25) is 4.98 Å². The average Bonchev–Trinajstić information content (AvgIpc) is 3.03. The predicted octanol–water partition coefficient (Wildman–Crippen LogP) is 2.83. The van der Waals surface area contributed by atoms with Crippen LogP contribution in [0.4, 0.5) is 0 Å². The van der Waals surface area contributed by atoms with Gasteiger partial charge >= 0.3 is 0 Å². The Labute approximate surface area is 120 Å². The van der Waals surface area contributed by atoms with Crippen LogP contribution in [-0.4, -0.2) is 27.6 Å². The van der Waals surface area contributed by atoms with Gasteiger partial charge in [0.05, 0.1) is 11.7 Å². The Morgan fingerprint density at radius 2 is 2.20 bits per heavy atom. The Kier molecular flexibility index (Phi) is 3.09. The van der Waals surface area contributed by atoms with E-state index in [1.54, 1.807) is 0 Å². The molecule has 4 nitrogen and oxygen atoms in total. The number of imidazole rings is 1. The molecule has 1 aliphatic heterocycles. The predicted molar refractivity (Wildman–Crippen MR) is 82.0 cm³/mol. The fourth-order valence-electron chi connectivity index (χ4n) is 3.36. The van der Waals surface area contributed by atoms with Crippen LogP contribution in [0, 0.1) is 0 Å². The van der Waals surface area contributed by atoms with Gasteiger partial charge in [0.1, 0.15) is 11.3 Å². The third-order valence-corrected chi connectivity index (χ3v) is 4.52. The lowest BCUT2D eigenvalue weighted by molar-refractivity contribution is 0.334. The van der Waals surface area contributed by atoms with Gasteiger partial charge in [-0.25, -0.2) is 4.98 Å². The van der Waals surface area contributed by atoms with Crippen molar-refractivity contribution in [1.29, 1.82) is 0 Å². The number of aromatic nitrogens is 3. The fourth-order valence-corrected chi connectivity index (χ4v) is 3.36. The van der Waals surface area contributed by atoms with Crippen molar-refractivity contribution in [3.63, 3.8) is 0 Å². The van der Waals surface area contributed by atoms with Crippen LogP contribution < -0.4 is 5.32 Å². The number of nitrogens with zero attached hydrogens (tertiary/aromatic N) is 3. The Hall–Kier alpha value is -1.42. The van der Waals surface area contributed by atoms with Crippen LogP contribution in [0.1, 0.15) is 46.4 Å². The molecule has 0 bridgehead atoms. The van der Waals surface area contributed by atoms with Crippen molar-refractivity contribution < 1.29 is 0 Å². The molecule has 1 aliphatic rings. The Morgan fingerprint density at radius 3 is 2.80 bits per heavy atom. The second-order valence-corrected chi connectivity index (χ2v) is 6.87. The lowest BCUT2D eigenvalue weighted by Gasteiger charge is -2.33. The van der Waals surface area contributed by atoms with E-state index in [-0.39, 0.29) is 11.0 Å². The van der Waals surface area contributed by atoms with E-state index >= 15 is 0 Å². The van der Waals surface area contributed by atoms with E-state index in [0.717, 1.165) is 31.4 Å². The molecule has 2 aromatic rings. The van der Waals surface area contributed by atoms with Crippen LogP contribution in [0.2, 0.25) is 0 Å². The van der Waals surface area contributed by atoms with Crippen LogP contribution in [0.25, 0.3) is 11.0 Å². The average molecular weight is 272 g/mol. The van der Waals surface area contributed by atoms with Crippen molar-refractivity contribution in [3.8, 4) is 0 Å². The smallest absolute Gasteiger partial charge is 0.118 e. The second-order valence-electron chi connectivity index (χ2n) is 6.87. The molecule has 3 rings (SSSR count). The van der Waals surface area contributed by atoms with Crippen LogP contribution >= 0.6 is 0 Å². The van der Waals surface area contributed by atoms with Gasteiger partial charge in [0.2, 0.25) is 0 Å². The Bertz CT molecular complexity index is 615. The van der Waals surface area contributed by atoms with E-state index < -0.39 is 0 Å². The fraction of sp³-hybridized carbons (Fsp3) is 0.625. The van der Waals surface area contributed by atoms with E-state index in [9.17, 15) is 0 Å². The topological polar surface area (TPSA) is 42.7 Å². The molecule has 0 aromatic carbocycles. The molecule has 1 fully saturated rings. The van der Waals surface area contributed by atoms with Crippen LogP contribution in [0.5, 0.6) is 0 Å².